The van der Waals surface area contributed by atoms with Gasteiger partial charge in [0.2, 0.25) is 0 Å². The SMILES string of the molecule is CCOC(=O)c1ccc2nc(C)cc(Nc3ccc(OC)c(OC)c3)c2c1. The van der Waals surface area contributed by atoms with Crippen molar-refractivity contribution in [1.82, 2.24) is 4.98 Å². The van der Waals surface area contributed by atoms with E-state index in [1.54, 1.807) is 33.3 Å². The Hall–Kier alpha value is -3.28. The maximum absolute atomic E-state index is 12.1. The van der Waals surface area contributed by atoms with Crippen LogP contribution >= 0.6 is 0 Å². The normalized spacial score (nSPS) is 10.5. The Labute approximate surface area is 158 Å². The number of pyridine rings is 1. The largest absolute Gasteiger partial charge is 0.493 e. The van der Waals surface area contributed by atoms with Gasteiger partial charge in [0, 0.05) is 28.5 Å². The van der Waals surface area contributed by atoms with Crippen molar-refractivity contribution in [2.24, 2.45) is 0 Å². The average Bonchev–Trinajstić information content (AvgIpc) is 2.67. The van der Waals surface area contributed by atoms with Crippen molar-refractivity contribution in [1.29, 1.82) is 0 Å². The highest BCUT2D eigenvalue weighted by molar-refractivity contribution is 5.99. The van der Waals surface area contributed by atoms with Gasteiger partial charge in [-0.05, 0) is 50.2 Å². The lowest BCUT2D eigenvalue weighted by atomic mass is 10.1. The van der Waals surface area contributed by atoms with Gasteiger partial charge in [-0.1, -0.05) is 0 Å². The summed E-state index contributed by atoms with van der Waals surface area (Å²) in [6.45, 7) is 4.05. The second kappa shape index (κ2) is 7.95. The summed E-state index contributed by atoms with van der Waals surface area (Å²) < 4.78 is 15.8. The lowest BCUT2D eigenvalue weighted by Crippen LogP contribution is -2.05. The number of nitrogens with one attached hydrogen (secondary N) is 1. The van der Waals surface area contributed by atoms with Crippen molar-refractivity contribution >= 4 is 28.2 Å². The Kier molecular flexibility index (Phi) is 5.45. The number of aryl methyl sites for hydroxylation is 1. The Balaban J connectivity index is 2.04. The summed E-state index contributed by atoms with van der Waals surface area (Å²) in [5.41, 5.74) is 3.84. The number of aromatic nitrogens is 1. The molecule has 0 atom stereocenters. The van der Waals surface area contributed by atoms with Crippen molar-refractivity contribution < 1.29 is 19.0 Å². The van der Waals surface area contributed by atoms with Gasteiger partial charge in [-0.3, -0.25) is 4.98 Å². The summed E-state index contributed by atoms with van der Waals surface area (Å²) in [7, 11) is 3.20. The molecule has 0 saturated heterocycles. The molecule has 0 aliphatic heterocycles. The average molecular weight is 366 g/mol. The predicted octanol–water partition coefficient (Wildman–Crippen LogP) is 4.48. The van der Waals surface area contributed by atoms with Crippen molar-refractivity contribution in [3.8, 4) is 11.5 Å². The Morgan fingerprint density at radius 1 is 1.04 bits per heavy atom. The first-order valence-corrected chi connectivity index (χ1v) is 8.63. The summed E-state index contributed by atoms with van der Waals surface area (Å²) >= 11 is 0. The molecule has 1 aromatic heterocycles. The van der Waals surface area contributed by atoms with Gasteiger partial charge in [-0.25, -0.2) is 4.79 Å². The molecule has 0 amide bonds. The molecule has 140 valence electrons. The second-order valence-electron chi connectivity index (χ2n) is 5.96. The molecule has 1 heterocycles. The number of methoxy groups -OCH3 is 2. The molecular weight excluding hydrogens is 344 g/mol. The maximum Gasteiger partial charge on any atom is 0.338 e. The van der Waals surface area contributed by atoms with E-state index < -0.39 is 0 Å². The van der Waals surface area contributed by atoms with Crippen LogP contribution in [0.5, 0.6) is 11.5 Å². The van der Waals surface area contributed by atoms with Crippen molar-refractivity contribution in [2.75, 3.05) is 26.1 Å². The van der Waals surface area contributed by atoms with E-state index in [4.69, 9.17) is 14.2 Å². The van der Waals surface area contributed by atoms with E-state index in [1.165, 1.54) is 0 Å². The zero-order chi connectivity index (χ0) is 19.4. The van der Waals surface area contributed by atoms with Crippen molar-refractivity contribution in [2.45, 2.75) is 13.8 Å². The van der Waals surface area contributed by atoms with Gasteiger partial charge in [-0.15, -0.1) is 0 Å². The molecule has 0 fully saturated rings. The molecule has 0 aliphatic rings. The molecule has 0 aliphatic carbocycles. The molecular formula is C21H22N2O4. The minimum Gasteiger partial charge on any atom is -0.493 e. The Morgan fingerprint density at radius 3 is 2.52 bits per heavy atom. The predicted molar refractivity (Wildman–Crippen MR) is 105 cm³/mol. The first-order valence-electron chi connectivity index (χ1n) is 8.63. The molecule has 0 spiro atoms. The zero-order valence-electron chi connectivity index (χ0n) is 15.8. The molecule has 0 bridgehead atoms. The number of nitrogens with zero attached hydrogens (tertiary/aromatic N) is 1. The van der Waals surface area contributed by atoms with Crippen molar-refractivity contribution in [3.63, 3.8) is 0 Å². The van der Waals surface area contributed by atoms with Crippen LogP contribution in [0.3, 0.4) is 0 Å². The van der Waals surface area contributed by atoms with E-state index in [1.807, 2.05) is 37.3 Å². The third-order valence-electron chi connectivity index (χ3n) is 4.11. The fourth-order valence-electron chi connectivity index (χ4n) is 2.87. The molecule has 6 heteroatoms. The number of hydrogen-bond donors (Lipinski definition) is 1. The number of fused-ring (bicyclic) bond motifs is 1. The molecule has 3 aromatic rings. The van der Waals surface area contributed by atoms with E-state index >= 15 is 0 Å². The van der Waals surface area contributed by atoms with Gasteiger partial charge < -0.3 is 19.5 Å². The van der Waals surface area contributed by atoms with E-state index in [0.29, 0.717) is 23.7 Å². The van der Waals surface area contributed by atoms with Gasteiger partial charge in [0.05, 0.1) is 31.9 Å². The highest BCUT2D eigenvalue weighted by Gasteiger charge is 2.12. The third-order valence-corrected chi connectivity index (χ3v) is 4.11. The van der Waals surface area contributed by atoms with Crippen LogP contribution in [0.1, 0.15) is 23.0 Å². The van der Waals surface area contributed by atoms with E-state index in [0.717, 1.165) is 28.0 Å². The summed E-state index contributed by atoms with van der Waals surface area (Å²) in [6.07, 6.45) is 0. The Bertz CT molecular complexity index is 985. The fraction of sp³-hybridized carbons (Fsp3) is 0.238. The van der Waals surface area contributed by atoms with Gasteiger partial charge in [-0.2, -0.15) is 0 Å². The molecule has 27 heavy (non-hydrogen) atoms. The maximum atomic E-state index is 12.1. The smallest absolute Gasteiger partial charge is 0.338 e. The molecule has 6 nitrogen and oxygen atoms in total. The summed E-state index contributed by atoms with van der Waals surface area (Å²) in [6, 6.07) is 12.9. The number of hydrogen-bond acceptors (Lipinski definition) is 6. The first-order chi connectivity index (χ1) is 13.0. The molecule has 0 saturated carbocycles. The van der Waals surface area contributed by atoms with Crippen LogP contribution in [0.4, 0.5) is 11.4 Å². The molecule has 2 aromatic carbocycles. The van der Waals surface area contributed by atoms with Crippen LogP contribution in [0.15, 0.2) is 42.5 Å². The van der Waals surface area contributed by atoms with E-state index in [9.17, 15) is 4.79 Å². The number of anilines is 2. The minimum atomic E-state index is -0.350. The van der Waals surface area contributed by atoms with Gasteiger partial charge in [0.1, 0.15) is 0 Å². The van der Waals surface area contributed by atoms with E-state index in [2.05, 4.69) is 10.3 Å². The molecule has 3 rings (SSSR count). The second-order valence-corrected chi connectivity index (χ2v) is 5.96. The van der Waals surface area contributed by atoms with Gasteiger partial charge in [0.15, 0.2) is 11.5 Å². The number of benzene rings is 2. The first kappa shape index (κ1) is 18.5. The molecule has 0 radical (unpaired) electrons. The highest BCUT2D eigenvalue weighted by atomic mass is 16.5. The molecule has 1 N–H and O–H groups in total. The standard InChI is InChI=1S/C21H22N2O4/c1-5-27-21(24)14-6-8-17-16(11-14)18(10-13(2)22-17)23-15-7-9-19(25-3)20(12-15)26-4/h6-12H,5H2,1-4H3,(H,22,23). The van der Waals surface area contributed by atoms with E-state index in [-0.39, 0.29) is 5.97 Å². The summed E-state index contributed by atoms with van der Waals surface area (Å²) in [4.78, 5) is 16.6. The lowest BCUT2D eigenvalue weighted by Gasteiger charge is -2.14. The monoisotopic (exact) mass is 366 g/mol. The summed E-state index contributed by atoms with van der Waals surface area (Å²) in [5.74, 6) is 0.935. The van der Waals surface area contributed by atoms with Crippen LogP contribution in [0, 0.1) is 6.92 Å². The fourth-order valence-corrected chi connectivity index (χ4v) is 2.87. The third kappa shape index (κ3) is 3.95. The number of ether oxygens (including phenoxy) is 3. The quantitative estimate of drug-likeness (QED) is 0.649. The van der Waals surface area contributed by atoms with Crippen LogP contribution in [0.25, 0.3) is 10.9 Å². The van der Waals surface area contributed by atoms with Gasteiger partial charge in [0.25, 0.3) is 0 Å². The number of carbonyl (C=O) groups is 1. The lowest BCUT2D eigenvalue weighted by molar-refractivity contribution is 0.0526. The molecule has 0 unspecified atom stereocenters. The number of carbonyl (C=O) groups excluding carboxylic acids is 1. The van der Waals surface area contributed by atoms with Crippen molar-refractivity contribution in [3.05, 3.63) is 53.7 Å². The number of esters is 1. The van der Waals surface area contributed by atoms with Crippen LogP contribution in [-0.2, 0) is 4.74 Å². The van der Waals surface area contributed by atoms with Crippen LogP contribution < -0.4 is 14.8 Å². The van der Waals surface area contributed by atoms with Gasteiger partial charge >= 0.3 is 5.97 Å². The summed E-state index contributed by atoms with van der Waals surface area (Å²) in [5, 5.41) is 4.22. The number of rotatable bonds is 6. The zero-order valence-corrected chi connectivity index (χ0v) is 15.8. The highest BCUT2D eigenvalue weighted by Crippen LogP contribution is 2.33. The van der Waals surface area contributed by atoms with Crippen LogP contribution in [0.2, 0.25) is 0 Å². The van der Waals surface area contributed by atoms with Crippen LogP contribution in [-0.4, -0.2) is 31.8 Å². The Morgan fingerprint density at radius 2 is 1.81 bits per heavy atom. The minimum absolute atomic E-state index is 0.333. The topological polar surface area (TPSA) is 69.7 Å².